The Kier molecular flexibility index (Phi) is 5.35. The van der Waals surface area contributed by atoms with E-state index < -0.39 is 16.5 Å². The average Bonchev–Trinajstić information content (AvgIpc) is 2.46. The number of benzene rings is 2. The first-order valence-electron chi connectivity index (χ1n) is 8.37. The topological polar surface area (TPSA) is 23.6 Å². The van der Waals surface area contributed by atoms with E-state index in [1.54, 1.807) is 0 Å². The minimum atomic E-state index is -1.90. The number of carbonyl (C=O) groups is 1. The highest BCUT2D eigenvalue weighted by Gasteiger charge is 2.38. The molecule has 0 aliphatic carbocycles. The molecule has 5 heteroatoms. The third kappa shape index (κ3) is 4.16. The first-order valence-corrected chi connectivity index (χ1v) is 15.3. The Morgan fingerprint density at radius 3 is 1.17 bits per heavy atom. The Labute approximate surface area is 148 Å². The molecule has 0 unspecified atom stereocenters. The monoisotopic (exact) mass is 356 g/mol. The van der Waals surface area contributed by atoms with E-state index in [0.29, 0.717) is 0 Å². The lowest BCUT2D eigenvalue weighted by atomic mass is 10.3. The van der Waals surface area contributed by atoms with Crippen LogP contribution in [0.5, 0.6) is 0 Å². The number of amides is 2. The van der Waals surface area contributed by atoms with Crippen molar-refractivity contribution in [3.8, 4) is 0 Å². The Morgan fingerprint density at radius 2 is 0.917 bits per heavy atom. The van der Waals surface area contributed by atoms with Crippen molar-refractivity contribution in [2.45, 2.75) is 39.3 Å². The number of hydrogen-bond donors (Lipinski definition) is 0. The van der Waals surface area contributed by atoms with Gasteiger partial charge in [0.1, 0.15) is 0 Å². The standard InChI is InChI=1S/C19H28N2OSi2/c1-23(2,3)20(17-13-9-7-10-14-17)19(22)21(24(4,5)6)18-15-11-8-12-16-18/h7-16H,1-6H3. The maximum absolute atomic E-state index is 13.7. The summed E-state index contributed by atoms with van der Waals surface area (Å²) in [4.78, 5) is 13.7. The van der Waals surface area contributed by atoms with Crippen molar-refractivity contribution in [1.82, 2.24) is 0 Å². The van der Waals surface area contributed by atoms with Gasteiger partial charge in [0.2, 0.25) is 0 Å². The summed E-state index contributed by atoms with van der Waals surface area (Å²) in [7, 11) is -3.80. The van der Waals surface area contributed by atoms with Crippen LogP contribution < -0.4 is 9.13 Å². The number of urea groups is 1. The van der Waals surface area contributed by atoms with Gasteiger partial charge in [-0.25, -0.2) is 4.79 Å². The molecule has 2 aromatic rings. The molecular weight excluding hydrogens is 328 g/mol. The van der Waals surface area contributed by atoms with Crippen molar-refractivity contribution < 1.29 is 4.79 Å². The smallest absolute Gasteiger partial charge is 0.312 e. The van der Waals surface area contributed by atoms with Gasteiger partial charge in [0, 0.05) is 11.4 Å². The van der Waals surface area contributed by atoms with Gasteiger partial charge in [-0.15, -0.1) is 0 Å². The second-order valence-corrected chi connectivity index (χ2v) is 17.5. The van der Waals surface area contributed by atoms with Gasteiger partial charge >= 0.3 is 6.03 Å². The molecule has 0 bridgehead atoms. The highest BCUT2D eigenvalue weighted by atomic mass is 28.3. The number of nitrogens with zero attached hydrogens (tertiary/aromatic N) is 2. The summed E-state index contributed by atoms with van der Waals surface area (Å²) in [5, 5.41) is 0. The van der Waals surface area contributed by atoms with Gasteiger partial charge in [0.05, 0.1) is 0 Å². The zero-order chi connectivity index (χ0) is 18.0. The normalized spacial score (nSPS) is 11.9. The van der Waals surface area contributed by atoms with Crippen molar-refractivity contribution in [2.75, 3.05) is 9.13 Å². The number of carbonyl (C=O) groups excluding carboxylic acids is 1. The second-order valence-electron chi connectivity index (χ2n) is 7.97. The largest absolute Gasteiger partial charge is 0.323 e. The van der Waals surface area contributed by atoms with Crippen molar-refractivity contribution in [1.29, 1.82) is 0 Å². The number of para-hydroxylation sites is 2. The predicted octanol–water partition coefficient (Wildman–Crippen LogP) is 5.79. The zero-order valence-corrected chi connectivity index (χ0v) is 17.6. The van der Waals surface area contributed by atoms with E-state index in [2.05, 4.69) is 39.3 Å². The summed E-state index contributed by atoms with van der Waals surface area (Å²) < 4.78 is 4.08. The van der Waals surface area contributed by atoms with Crippen molar-refractivity contribution >= 4 is 33.9 Å². The highest BCUT2D eigenvalue weighted by Crippen LogP contribution is 2.29. The fourth-order valence-corrected chi connectivity index (χ4v) is 6.12. The Morgan fingerprint density at radius 1 is 0.625 bits per heavy atom. The molecule has 2 amide bonds. The van der Waals surface area contributed by atoms with Crippen molar-refractivity contribution in [3.63, 3.8) is 0 Å². The van der Waals surface area contributed by atoms with Gasteiger partial charge in [0.25, 0.3) is 0 Å². The van der Waals surface area contributed by atoms with Gasteiger partial charge in [-0.3, -0.25) is 0 Å². The van der Waals surface area contributed by atoms with Crippen LogP contribution in [-0.4, -0.2) is 22.5 Å². The van der Waals surface area contributed by atoms with Crippen LogP contribution in [0.25, 0.3) is 0 Å². The molecule has 2 aromatic carbocycles. The maximum Gasteiger partial charge on any atom is 0.312 e. The van der Waals surface area contributed by atoms with Crippen LogP contribution in [0.15, 0.2) is 60.7 Å². The van der Waals surface area contributed by atoms with Crippen LogP contribution in [0.2, 0.25) is 39.3 Å². The van der Waals surface area contributed by atoms with E-state index in [-0.39, 0.29) is 6.03 Å². The van der Waals surface area contributed by atoms with Gasteiger partial charge in [0.15, 0.2) is 16.5 Å². The lowest BCUT2D eigenvalue weighted by Gasteiger charge is -2.43. The summed E-state index contributed by atoms with van der Waals surface area (Å²) in [5.41, 5.74) is 1.97. The first kappa shape index (κ1) is 18.5. The van der Waals surface area contributed by atoms with Crippen LogP contribution in [0.1, 0.15) is 0 Å². The Balaban J connectivity index is 2.54. The summed E-state index contributed by atoms with van der Waals surface area (Å²) in [6, 6.07) is 20.2. The molecule has 128 valence electrons. The molecule has 2 rings (SSSR count). The minimum Gasteiger partial charge on any atom is -0.323 e. The number of anilines is 2. The molecule has 3 nitrogen and oxygen atoms in total. The number of hydrogen-bond acceptors (Lipinski definition) is 1. The summed E-state index contributed by atoms with van der Waals surface area (Å²) >= 11 is 0. The molecule has 0 saturated heterocycles. The molecule has 0 aliphatic heterocycles. The molecule has 0 heterocycles. The van der Waals surface area contributed by atoms with E-state index in [4.69, 9.17) is 0 Å². The van der Waals surface area contributed by atoms with Crippen molar-refractivity contribution in [3.05, 3.63) is 60.7 Å². The molecule has 0 atom stereocenters. The van der Waals surface area contributed by atoms with Crippen LogP contribution in [0.3, 0.4) is 0 Å². The number of rotatable bonds is 4. The van der Waals surface area contributed by atoms with Gasteiger partial charge in [-0.05, 0) is 24.3 Å². The van der Waals surface area contributed by atoms with Crippen LogP contribution >= 0.6 is 0 Å². The van der Waals surface area contributed by atoms with Gasteiger partial charge in [-0.1, -0.05) is 75.7 Å². The van der Waals surface area contributed by atoms with Crippen molar-refractivity contribution in [2.24, 2.45) is 0 Å². The summed E-state index contributed by atoms with van der Waals surface area (Å²) in [5.74, 6) is 0. The van der Waals surface area contributed by atoms with E-state index >= 15 is 0 Å². The fraction of sp³-hybridized carbons (Fsp3) is 0.316. The molecule has 0 aromatic heterocycles. The Hall–Kier alpha value is -1.86. The average molecular weight is 357 g/mol. The first-order chi connectivity index (χ1) is 11.1. The Bertz CT molecular complexity index is 617. The molecule has 0 N–H and O–H groups in total. The quantitative estimate of drug-likeness (QED) is 0.636. The van der Waals surface area contributed by atoms with Gasteiger partial charge < -0.3 is 9.13 Å². The maximum atomic E-state index is 13.7. The van der Waals surface area contributed by atoms with Crippen LogP contribution in [0, 0.1) is 0 Å². The van der Waals surface area contributed by atoms with E-state index in [9.17, 15) is 4.79 Å². The molecule has 0 aliphatic rings. The summed E-state index contributed by atoms with van der Waals surface area (Å²) in [6.07, 6.45) is 0. The highest BCUT2D eigenvalue weighted by molar-refractivity contribution is 6.88. The van der Waals surface area contributed by atoms with E-state index in [1.807, 2.05) is 69.8 Å². The second kappa shape index (κ2) is 6.95. The molecule has 0 saturated carbocycles. The molecule has 0 radical (unpaired) electrons. The third-order valence-electron chi connectivity index (χ3n) is 3.75. The molecule has 0 fully saturated rings. The lowest BCUT2D eigenvalue weighted by molar-refractivity contribution is 0.257. The SMILES string of the molecule is C[Si](C)(C)N(C(=O)N(c1ccccc1)[Si](C)(C)C)c1ccccc1. The minimum absolute atomic E-state index is 0.103. The summed E-state index contributed by atoms with van der Waals surface area (Å²) in [6.45, 7) is 13.3. The molecule has 24 heavy (non-hydrogen) atoms. The van der Waals surface area contributed by atoms with E-state index in [0.717, 1.165) is 11.4 Å². The predicted molar refractivity (Wildman–Crippen MR) is 110 cm³/mol. The van der Waals surface area contributed by atoms with Gasteiger partial charge in [-0.2, -0.15) is 0 Å². The van der Waals surface area contributed by atoms with Crippen LogP contribution in [0.4, 0.5) is 16.2 Å². The molecule has 0 spiro atoms. The fourth-order valence-electron chi connectivity index (χ4n) is 2.82. The zero-order valence-electron chi connectivity index (χ0n) is 15.6. The third-order valence-corrected chi connectivity index (χ3v) is 7.34. The van der Waals surface area contributed by atoms with E-state index in [1.165, 1.54) is 0 Å². The lowest BCUT2D eigenvalue weighted by Crippen LogP contribution is -2.61. The van der Waals surface area contributed by atoms with Crippen LogP contribution in [-0.2, 0) is 0 Å². The molecular formula is C19H28N2OSi2.